The highest BCUT2D eigenvalue weighted by molar-refractivity contribution is 7.89. The molecule has 8 nitrogen and oxygen atoms in total. The Morgan fingerprint density at radius 3 is 2.21 bits per heavy atom. The summed E-state index contributed by atoms with van der Waals surface area (Å²) in [5.41, 5.74) is 0.185. The molecule has 0 aliphatic rings. The van der Waals surface area contributed by atoms with Gasteiger partial charge in [-0.1, -0.05) is 29.3 Å². The number of ether oxygens (including phenoxy) is 2. The van der Waals surface area contributed by atoms with Gasteiger partial charge >= 0.3 is 5.97 Å². The van der Waals surface area contributed by atoms with Crippen LogP contribution < -0.4 is 14.8 Å². The molecule has 0 fully saturated rings. The molecule has 0 saturated carbocycles. The molecule has 156 valence electrons. The molecular weight excluding hydrogens is 443 g/mol. The number of nitrogens with one attached hydrogen (secondary N) is 2. The molecule has 0 radical (unpaired) electrons. The maximum Gasteiger partial charge on any atom is 0.324 e. The fourth-order valence-electron chi connectivity index (χ4n) is 2.16. The van der Waals surface area contributed by atoms with E-state index < -0.39 is 34.5 Å². The van der Waals surface area contributed by atoms with Gasteiger partial charge in [0.25, 0.3) is 5.91 Å². The van der Waals surface area contributed by atoms with Crippen LogP contribution in [0.15, 0.2) is 47.4 Å². The van der Waals surface area contributed by atoms with Crippen LogP contribution in [0.1, 0.15) is 6.92 Å². The monoisotopic (exact) mass is 460 g/mol. The summed E-state index contributed by atoms with van der Waals surface area (Å²) in [6, 6.07) is 9.06. The average Bonchev–Trinajstić information content (AvgIpc) is 2.68. The van der Waals surface area contributed by atoms with Gasteiger partial charge in [-0.3, -0.25) is 9.59 Å². The number of amides is 1. The lowest BCUT2D eigenvalue weighted by Gasteiger charge is -2.14. The Morgan fingerprint density at radius 2 is 1.66 bits per heavy atom. The van der Waals surface area contributed by atoms with Gasteiger partial charge in [0, 0.05) is 0 Å². The van der Waals surface area contributed by atoms with Crippen LogP contribution in [0, 0.1) is 0 Å². The van der Waals surface area contributed by atoms with Crippen LogP contribution in [-0.2, 0) is 24.3 Å². The van der Waals surface area contributed by atoms with Crippen LogP contribution in [0.2, 0.25) is 10.0 Å². The summed E-state index contributed by atoms with van der Waals surface area (Å²) in [7, 11) is -2.52. The first kappa shape index (κ1) is 23.0. The fourth-order valence-corrected chi connectivity index (χ4v) is 3.84. The first-order chi connectivity index (χ1) is 13.6. The Bertz CT molecular complexity index is 976. The van der Waals surface area contributed by atoms with Crippen molar-refractivity contribution in [2.75, 3.05) is 19.0 Å². The number of para-hydroxylation sites is 1. The lowest BCUT2D eigenvalue weighted by atomic mass is 10.3. The number of methoxy groups -OCH3 is 1. The summed E-state index contributed by atoms with van der Waals surface area (Å²) < 4.78 is 36.7. The van der Waals surface area contributed by atoms with E-state index >= 15 is 0 Å². The largest absolute Gasteiger partial charge is 0.497 e. The van der Waals surface area contributed by atoms with Gasteiger partial charge in [-0.15, -0.1) is 0 Å². The van der Waals surface area contributed by atoms with E-state index in [1.165, 1.54) is 50.4 Å². The Labute approximate surface area is 178 Å². The number of hydrogen-bond donors (Lipinski definition) is 2. The molecule has 1 amide bonds. The number of carbonyl (C=O) groups excluding carboxylic acids is 2. The van der Waals surface area contributed by atoms with Crippen molar-refractivity contribution in [1.29, 1.82) is 0 Å². The second-order valence-electron chi connectivity index (χ2n) is 5.77. The summed E-state index contributed by atoms with van der Waals surface area (Å²) in [5, 5.41) is 2.87. The van der Waals surface area contributed by atoms with E-state index in [0.29, 0.717) is 5.75 Å². The molecule has 2 aromatic carbocycles. The molecule has 0 aromatic heterocycles. The van der Waals surface area contributed by atoms with Gasteiger partial charge in [-0.2, -0.15) is 4.72 Å². The van der Waals surface area contributed by atoms with Crippen LogP contribution in [0.25, 0.3) is 0 Å². The third-order valence-electron chi connectivity index (χ3n) is 3.63. The van der Waals surface area contributed by atoms with Crippen LogP contribution >= 0.6 is 23.2 Å². The van der Waals surface area contributed by atoms with Gasteiger partial charge in [0.2, 0.25) is 10.0 Å². The smallest absolute Gasteiger partial charge is 0.324 e. The minimum Gasteiger partial charge on any atom is -0.497 e. The van der Waals surface area contributed by atoms with E-state index in [1.54, 1.807) is 6.07 Å². The number of hydrogen-bond acceptors (Lipinski definition) is 6. The quantitative estimate of drug-likeness (QED) is 0.585. The Hall–Kier alpha value is -2.33. The molecule has 0 aliphatic heterocycles. The third-order valence-corrected chi connectivity index (χ3v) is 5.81. The molecule has 0 heterocycles. The number of halogens is 2. The van der Waals surface area contributed by atoms with Gasteiger partial charge < -0.3 is 14.8 Å². The molecular formula is C18H18Cl2N2O6S. The predicted molar refractivity (Wildman–Crippen MR) is 109 cm³/mol. The maximum atomic E-state index is 12.3. The molecule has 29 heavy (non-hydrogen) atoms. The van der Waals surface area contributed by atoms with E-state index in [-0.39, 0.29) is 20.6 Å². The predicted octanol–water partition coefficient (Wildman–Crippen LogP) is 2.85. The van der Waals surface area contributed by atoms with Crippen molar-refractivity contribution in [3.63, 3.8) is 0 Å². The Balaban J connectivity index is 1.92. The molecule has 0 spiro atoms. The average molecular weight is 461 g/mol. The van der Waals surface area contributed by atoms with Crippen molar-refractivity contribution < 1.29 is 27.5 Å². The molecule has 2 N–H and O–H groups in total. The summed E-state index contributed by atoms with van der Waals surface area (Å²) >= 11 is 11.9. The summed E-state index contributed by atoms with van der Waals surface area (Å²) in [6.07, 6.45) is 0. The van der Waals surface area contributed by atoms with Crippen molar-refractivity contribution in [2.45, 2.75) is 17.9 Å². The van der Waals surface area contributed by atoms with Crippen LogP contribution in [0.4, 0.5) is 5.69 Å². The first-order valence-corrected chi connectivity index (χ1v) is 10.4. The molecule has 0 saturated heterocycles. The summed E-state index contributed by atoms with van der Waals surface area (Å²) in [6.45, 7) is 0.654. The summed E-state index contributed by atoms with van der Waals surface area (Å²) in [4.78, 5) is 23.9. The highest BCUT2D eigenvalue weighted by atomic mass is 35.5. The minimum absolute atomic E-state index is 0.0518. The number of sulfonamides is 1. The van der Waals surface area contributed by atoms with Gasteiger partial charge in [0.15, 0.2) is 6.61 Å². The molecule has 2 rings (SSSR count). The van der Waals surface area contributed by atoms with Gasteiger partial charge in [0.05, 0.1) is 27.7 Å². The van der Waals surface area contributed by atoms with E-state index in [0.717, 1.165) is 0 Å². The molecule has 1 unspecified atom stereocenters. The zero-order valence-electron chi connectivity index (χ0n) is 15.4. The van der Waals surface area contributed by atoms with E-state index in [9.17, 15) is 18.0 Å². The Morgan fingerprint density at radius 1 is 1.07 bits per heavy atom. The lowest BCUT2D eigenvalue weighted by Crippen LogP contribution is -2.40. The standard InChI is InChI=1S/C18H18Cl2N2O6S/c1-11(22-29(25,26)13-8-6-12(27-2)7-9-13)18(24)28-10-16(23)21-17-14(19)4-3-5-15(17)20/h3-9,11,22H,10H2,1-2H3,(H,21,23). The second-order valence-corrected chi connectivity index (χ2v) is 8.30. The van der Waals surface area contributed by atoms with E-state index in [4.69, 9.17) is 32.7 Å². The SMILES string of the molecule is COc1ccc(S(=O)(=O)NC(C)C(=O)OCC(=O)Nc2c(Cl)cccc2Cl)cc1. The van der Waals surface area contributed by atoms with Crippen LogP contribution in [0.3, 0.4) is 0 Å². The van der Waals surface area contributed by atoms with Crippen molar-refractivity contribution in [1.82, 2.24) is 4.72 Å². The molecule has 0 aliphatic carbocycles. The normalized spacial score (nSPS) is 12.1. The third kappa shape index (κ3) is 6.33. The van der Waals surface area contributed by atoms with Gasteiger partial charge in [-0.05, 0) is 43.3 Å². The second kappa shape index (κ2) is 9.93. The van der Waals surface area contributed by atoms with Crippen molar-refractivity contribution in [3.05, 3.63) is 52.5 Å². The van der Waals surface area contributed by atoms with Crippen LogP contribution in [-0.4, -0.2) is 40.1 Å². The zero-order valence-corrected chi connectivity index (χ0v) is 17.8. The fraction of sp³-hybridized carbons (Fsp3) is 0.222. The van der Waals surface area contributed by atoms with Gasteiger partial charge in [0.1, 0.15) is 11.8 Å². The first-order valence-electron chi connectivity index (χ1n) is 8.21. The van der Waals surface area contributed by atoms with E-state index in [1.807, 2.05) is 0 Å². The van der Waals surface area contributed by atoms with Crippen LogP contribution in [0.5, 0.6) is 5.75 Å². The number of carbonyl (C=O) groups is 2. The highest BCUT2D eigenvalue weighted by Crippen LogP contribution is 2.29. The highest BCUT2D eigenvalue weighted by Gasteiger charge is 2.24. The topological polar surface area (TPSA) is 111 Å². The molecule has 11 heteroatoms. The van der Waals surface area contributed by atoms with Crippen molar-refractivity contribution in [2.24, 2.45) is 0 Å². The summed E-state index contributed by atoms with van der Waals surface area (Å²) in [5.74, 6) is -1.12. The Kier molecular flexibility index (Phi) is 7.86. The van der Waals surface area contributed by atoms with Crippen molar-refractivity contribution >= 4 is 50.8 Å². The number of rotatable bonds is 8. The number of esters is 1. The van der Waals surface area contributed by atoms with Crippen molar-refractivity contribution in [3.8, 4) is 5.75 Å². The minimum atomic E-state index is -3.97. The number of benzene rings is 2. The maximum absolute atomic E-state index is 12.3. The molecule has 0 bridgehead atoms. The lowest BCUT2D eigenvalue weighted by molar-refractivity contribution is -0.148. The van der Waals surface area contributed by atoms with Gasteiger partial charge in [-0.25, -0.2) is 8.42 Å². The molecule has 1 atom stereocenters. The molecule has 2 aromatic rings. The number of anilines is 1. The zero-order chi connectivity index (χ0) is 21.6. The van der Waals surface area contributed by atoms with E-state index in [2.05, 4.69) is 10.0 Å².